The van der Waals surface area contributed by atoms with E-state index in [4.69, 9.17) is 4.74 Å². The molecule has 29 heavy (non-hydrogen) atoms. The smallest absolute Gasteiger partial charge is 0.317 e. The van der Waals surface area contributed by atoms with Gasteiger partial charge in [0.2, 0.25) is 0 Å². The number of anilines is 1. The molecule has 2 amide bonds. The third-order valence-corrected chi connectivity index (χ3v) is 5.13. The van der Waals surface area contributed by atoms with Gasteiger partial charge in [-0.1, -0.05) is 32.9 Å². The molecule has 0 radical (unpaired) electrons. The topological polar surface area (TPSA) is 44.8 Å². The highest BCUT2D eigenvalue weighted by atomic mass is 19.1. The van der Waals surface area contributed by atoms with Gasteiger partial charge in [-0.2, -0.15) is 0 Å². The standard InChI is InChI=1S/C23H30FN3O2/c1-23(2,3)18-4-10-21(11-5-18)29-17-12-25-22(28)27-15-13-26(14-16-27)20-8-6-19(24)7-9-20/h4-11H,12-17H2,1-3H3,(H,25,28). The third kappa shape index (κ3) is 5.86. The van der Waals surface area contributed by atoms with E-state index < -0.39 is 0 Å². The highest BCUT2D eigenvalue weighted by Crippen LogP contribution is 2.24. The molecule has 0 saturated carbocycles. The van der Waals surface area contributed by atoms with Crippen LogP contribution in [0.25, 0.3) is 0 Å². The fourth-order valence-electron chi connectivity index (χ4n) is 3.31. The molecule has 0 bridgehead atoms. The molecule has 0 aromatic heterocycles. The number of amides is 2. The van der Waals surface area contributed by atoms with Crippen molar-refractivity contribution in [2.75, 3.05) is 44.2 Å². The molecule has 1 fully saturated rings. The second kappa shape index (κ2) is 9.16. The highest BCUT2D eigenvalue weighted by molar-refractivity contribution is 5.74. The Morgan fingerprint density at radius 3 is 2.21 bits per heavy atom. The maximum absolute atomic E-state index is 13.1. The number of halogens is 1. The van der Waals surface area contributed by atoms with E-state index in [1.807, 2.05) is 12.1 Å². The summed E-state index contributed by atoms with van der Waals surface area (Å²) < 4.78 is 18.8. The van der Waals surface area contributed by atoms with E-state index in [0.717, 1.165) is 24.5 Å². The van der Waals surface area contributed by atoms with Crippen molar-refractivity contribution >= 4 is 11.7 Å². The molecule has 6 heteroatoms. The Morgan fingerprint density at radius 2 is 1.62 bits per heavy atom. The summed E-state index contributed by atoms with van der Waals surface area (Å²) in [5.41, 5.74) is 2.36. The quantitative estimate of drug-likeness (QED) is 0.772. The average Bonchev–Trinajstić information content (AvgIpc) is 2.71. The van der Waals surface area contributed by atoms with Crippen molar-refractivity contribution in [2.45, 2.75) is 26.2 Å². The van der Waals surface area contributed by atoms with Gasteiger partial charge in [-0.15, -0.1) is 0 Å². The van der Waals surface area contributed by atoms with Crippen LogP contribution in [0.15, 0.2) is 48.5 Å². The van der Waals surface area contributed by atoms with Crippen LogP contribution in [0, 0.1) is 5.82 Å². The zero-order chi connectivity index (χ0) is 20.9. The second-order valence-electron chi connectivity index (χ2n) is 8.31. The van der Waals surface area contributed by atoms with Gasteiger partial charge in [0, 0.05) is 31.9 Å². The molecule has 0 unspecified atom stereocenters. The highest BCUT2D eigenvalue weighted by Gasteiger charge is 2.21. The molecule has 1 aliphatic heterocycles. The molecule has 3 rings (SSSR count). The van der Waals surface area contributed by atoms with E-state index in [1.165, 1.54) is 17.7 Å². The Labute approximate surface area is 172 Å². The maximum Gasteiger partial charge on any atom is 0.317 e. The Bertz CT molecular complexity index is 792. The van der Waals surface area contributed by atoms with Gasteiger partial charge in [0.1, 0.15) is 18.2 Å². The summed E-state index contributed by atoms with van der Waals surface area (Å²) in [4.78, 5) is 16.3. The molecule has 1 N–H and O–H groups in total. The van der Waals surface area contributed by atoms with Crippen molar-refractivity contribution in [3.05, 3.63) is 59.9 Å². The number of benzene rings is 2. The summed E-state index contributed by atoms with van der Waals surface area (Å²) in [5.74, 6) is 0.569. The van der Waals surface area contributed by atoms with E-state index in [9.17, 15) is 9.18 Å². The van der Waals surface area contributed by atoms with Crippen LogP contribution in [0.3, 0.4) is 0 Å². The number of rotatable bonds is 5. The minimum Gasteiger partial charge on any atom is -0.492 e. The monoisotopic (exact) mass is 399 g/mol. The first-order valence-electron chi connectivity index (χ1n) is 10.1. The Morgan fingerprint density at radius 1 is 1.00 bits per heavy atom. The number of ether oxygens (including phenoxy) is 1. The zero-order valence-electron chi connectivity index (χ0n) is 17.5. The predicted octanol–water partition coefficient (Wildman–Crippen LogP) is 4.03. The normalized spacial score (nSPS) is 14.6. The lowest BCUT2D eigenvalue weighted by atomic mass is 9.87. The molecule has 0 aliphatic carbocycles. The lowest BCUT2D eigenvalue weighted by molar-refractivity contribution is 0.191. The first-order chi connectivity index (χ1) is 13.8. The van der Waals surface area contributed by atoms with E-state index in [2.05, 4.69) is 43.1 Å². The van der Waals surface area contributed by atoms with Gasteiger partial charge in [0.15, 0.2) is 0 Å². The molecular weight excluding hydrogens is 369 g/mol. The van der Waals surface area contributed by atoms with E-state index in [-0.39, 0.29) is 17.3 Å². The van der Waals surface area contributed by atoms with Gasteiger partial charge in [-0.05, 0) is 47.4 Å². The number of urea groups is 1. The average molecular weight is 400 g/mol. The molecule has 2 aromatic carbocycles. The van der Waals surface area contributed by atoms with Crippen LogP contribution < -0.4 is 15.0 Å². The third-order valence-electron chi connectivity index (χ3n) is 5.13. The summed E-state index contributed by atoms with van der Waals surface area (Å²) in [6, 6.07) is 14.5. The van der Waals surface area contributed by atoms with Crippen molar-refractivity contribution in [3.8, 4) is 5.75 Å². The molecule has 0 atom stereocenters. The largest absolute Gasteiger partial charge is 0.492 e. The van der Waals surface area contributed by atoms with Gasteiger partial charge in [-0.25, -0.2) is 9.18 Å². The van der Waals surface area contributed by atoms with Gasteiger partial charge in [0.25, 0.3) is 0 Å². The molecule has 1 aliphatic rings. The SMILES string of the molecule is CC(C)(C)c1ccc(OCCNC(=O)N2CCN(c3ccc(F)cc3)CC2)cc1. The Kier molecular flexibility index (Phi) is 6.62. The van der Waals surface area contributed by atoms with Gasteiger partial charge >= 0.3 is 6.03 Å². The number of hydrogen-bond donors (Lipinski definition) is 1. The number of hydrogen-bond acceptors (Lipinski definition) is 3. The van der Waals surface area contributed by atoms with Crippen LogP contribution in [0.5, 0.6) is 5.75 Å². The number of nitrogens with one attached hydrogen (secondary N) is 1. The molecule has 2 aromatic rings. The summed E-state index contributed by atoms with van der Waals surface area (Å²) in [7, 11) is 0. The van der Waals surface area contributed by atoms with Gasteiger partial charge in [0.05, 0.1) is 6.54 Å². The fourth-order valence-corrected chi connectivity index (χ4v) is 3.31. The predicted molar refractivity (Wildman–Crippen MR) is 114 cm³/mol. The van der Waals surface area contributed by atoms with E-state index in [0.29, 0.717) is 26.2 Å². The summed E-state index contributed by atoms with van der Waals surface area (Å²) >= 11 is 0. The van der Waals surface area contributed by atoms with Crippen LogP contribution >= 0.6 is 0 Å². The molecule has 5 nitrogen and oxygen atoms in total. The summed E-state index contributed by atoms with van der Waals surface area (Å²) in [5, 5.41) is 2.91. The number of carbonyl (C=O) groups is 1. The van der Waals surface area contributed by atoms with Crippen molar-refractivity contribution in [1.82, 2.24) is 10.2 Å². The van der Waals surface area contributed by atoms with E-state index in [1.54, 1.807) is 17.0 Å². The van der Waals surface area contributed by atoms with Gasteiger partial charge < -0.3 is 19.9 Å². The Balaban J connectivity index is 1.36. The van der Waals surface area contributed by atoms with Crippen molar-refractivity contribution in [1.29, 1.82) is 0 Å². The number of carbonyl (C=O) groups excluding carboxylic acids is 1. The second-order valence-corrected chi connectivity index (χ2v) is 8.31. The number of nitrogens with zero attached hydrogens (tertiary/aromatic N) is 2. The lowest BCUT2D eigenvalue weighted by Gasteiger charge is -2.36. The van der Waals surface area contributed by atoms with Crippen molar-refractivity contribution in [2.24, 2.45) is 0 Å². The van der Waals surface area contributed by atoms with Crippen LogP contribution in [0.2, 0.25) is 0 Å². The molecule has 1 saturated heterocycles. The number of piperazine rings is 1. The van der Waals surface area contributed by atoms with Gasteiger partial charge in [-0.3, -0.25) is 0 Å². The zero-order valence-corrected chi connectivity index (χ0v) is 17.5. The lowest BCUT2D eigenvalue weighted by Crippen LogP contribution is -2.52. The fraction of sp³-hybridized carbons (Fsp3) is 0.435. The molecular formula is C23H30FN3O2. The molecule has 156 valence electrons. The van der Waals surface area contributed by atoms with Crippen LogP contribution in [-0.2, 0) is 5.41 Å². The molecule has 0 spiro atoms. The molecule has 1 heterocycles. The first kappa shape index (κ1) is 21.0. The van der Waals surface area contributed by atoms with Crippen LogP contribution in [0.1, 0.15) is 26.3 Å². The van der Waals surface area contributed by atoms with E-state index >= 15 is 0 Å². The minimum absolute atomic E-state index is 0.0737. The van der Waals surface area contributed by atoms with Crippen LogP contribution in [-0.4, -0.2) is 50.3 Å². The minimum atomic E-state index is -0.237. The van der Waals surface area contributed by atoms with Crippen molar-refractivity contribution < 1.29 is 13.9 Å². The Hall–Kier alpha value is -2.76. The maximum atomic E-state index is 13.1. The summed E-state index contributed by atoms with van der Waals surface area (Å²) in [6.45, 7) is 10.2. The van der Waals surface area contributed by atoms with Crippen molar-refractivity contribution in [3.63, 3.8) is 0 Å². The van der Waals surface area contributed by atoms with Crippen LogP contribution in [0.4, 0.5) is 14.9 Å². The summed E-state index contributed by atoms with van der Waals surface area (Å²) in [6.07, 6.45) is 0. The first-order valence-corrected chi connectivity index (χ1v) is 10.1.